The predicted octanol–water partition coefficient (Wildman–Crippen LogP) is 2.61. The molecule has 6 nitrogen and oxygen atoms in total. The van der Waals surface area contributed by atoms with Gasteiger partial charge in [0.2, 0.25) is 5.91 Å². The molecule has 0 radical (unpaired) electrons. The number of benzene rings is 1. The van der Waals surface area contributed by atoms with E-state index >= 15 is 0 Å². The number of carboxylic acid groups (broad SMARTS) is 1. The van der Waals surface area contributed by atoms with Crippen molar-refractivity contribution in [3.8, 4) is 0 Å². The summed E-state index contributed by atoms with van der Waals surface area (Å²) in [6.07, 6.45) is -1.32. The number of anilines is 2. The Kier molecular flexibility index (Phi) is 5.75. The number of carbonyl (C=O) groups excluding carboxylic acids is 1. The highest BCUT2D eigenvalue weighted by Crippen LogP contribution is 2.30. The Morgan fingerprint density at radius 1 is 1.40 bits per heavy atom. The van der Waals surface area contributed by atoms with Gasteiger partial charge in [-0.05, 0) is 26.0 Å². The first-order valence-electron chi connectivity index (χ1n) is 5.82. The third kappa shape index (κ3) is 5.04. The van der Waals surface area contributed by atoms with Crippen LogP contribution in [0.3, 0.4) is 0 Å². The molecule has 20 heavy (non-hydrogen) atoms. The number of amides is 2. The van der Waals surface area contributed by atoms with Crippen LogP contribution in [0.25, 0.3) is 0 Å². The molecule has 0 aliphatic rings. The molecule has 1 aromatic carbocycles. The fourth-order valence-corrected chi connectivity index (χ4v) is 1.89. The lowest BCUT2D eigenvalue weighted by molar-refractivity contribution is -0.115. The minimum absolute atomic E-state index is 0.0147. The summed E-state index contributed by atoms with van der Waals surface area (Å²) in [5, 5.41) is 15.7. The zero-order valence-electron chi connectivity index (χ0n) is 11.0. The number of nitrogens with one attached hydrogen (secondary N) is 3. The average molecular weight is 348 g/mol. The molecule has 0 atom stereocenters. The van der Waals surface area contributed by atoms with Gasteiger partial charge < -0.3 is 21.1 Å². The van der Waals surface area contributed by atoms with Crippen LogP contribution in [0.1, 0.15) is 13.8 Å². The van der Waals surface area contributed by atoms with Crippen LogP contribution in [0, 0.1) is 5.82 Å². The van der Waals surface area contributed by atoms with E-state index in [0.717, 1.165) is 0 Å². The molecule has 2 amide bonds. The third-order valence-corrected chi connectivity index (χ3v) is 2.62. The molecule has 0 aliphatic carbocycles. The molecule has 0 aromatic heterocycles. The number of rotatable bonds is 5. The van der Waals surface area contributed by atoms with Gasteiger partial charge in [0.15, 0.2) is 0 Å². The highest BCUT2D eigenvalue weighted by molar-refractivity contribution is 9.10. The molecule has 0 fully saturated rings. The first kappa shape index (κ1) is 16.2. The van der Waals surface area contributed by atoms with Crippen molar-refractivity contribution in [2.24, 2.45) is 0 Å². The van der Waals surface area contributed by atoms with Crippen LogP contribution in [0.5, 0.6) is 0 Å². The zero-order chi connectivity index (χ0) is 15.3. The highest BCUT2D eigenvalue weighted by Gasteiger charge is 2.14. The van der Waals surface area contributed by atoms with Gasteiger partial charge in [-0.1, -0.05) is 15.9 Å². The van der Waals surface area contributed by atoms with E-state index in [1.165, 1.54) is 6.07 Å². The third-order valence-electron chi connectivity index (χ3n) is 2.16. The summed E-state index contributed by atoms with van der Waals surface area (Å²) in [5.41, 5.74) is 0.398. The highest BCUT2D eigenvalue weighted by atomic mass is 79.9. The van der Waals surface area contributed by atoms with Crippen LogP contribution in [-0.2, 0) is 4.79 Å². The molecule has 0 aliphatic heterocycles. The van der Waals surface area contributed by atoms with Crippen molar-refractivity contribution in [2.75, 3.05) is 17.2 Å². The van der Waals surface area contributed by atoms with Crippen molar-refractivity contribution in [2.45, 2.75) is 19.9 Å². The van der Waals surface area contributed by atoms with E-state index in [1.807, 2.05) is 19.2 Å². The predicted molar refractivity (Wildman–Crippen MR) is 77.5 cm³/mol. The molecule has 0 saturated carbocycles. The lowest BCUT2D eigenvalue weighted by Crippen LogP contribution is -2.32. The zero-order valence-corrected chi connectivity index (χ0v) is 12.5. The van der Waals surface area contributed by atoms with Crippen molar-refractivity contribution in [1.82, 2.24) is 5.32 Å². The summed E-state index contributed by atoms with van der Waals surface area (Å²) in [7, 11) is 0. The van der Waals surface area contributed by atoms with Gasteiger partial charge in [0.1, 0.15) is 18.0 Å². The van der Waals surface area contributed by atoms with E-state index in [4.69, 9.17) is 5.11 Å². The van der Waals surface area contributed by atoms with E-state index in [2.05, 4.69) is 26.6 Å². The molecule has 8 heteroatoms. The largest absolute Gasteiger partial charge is 0.465 e. The quantitative estimate of drug-likeness (QED) is 0.658. The van der Waals surface area contributed by atoms with Crippen LogP contribution < -0.4 is 16.0 Å². The van der Waals surface area contributed by atoms with E-state index in [0.29, 0.717) is 10.2 Å². The Morgan fingerprint density at radius 3 is 2.60 bits per heavy atom. The van der Waals surface area contributed by atoms with E-state index in [1.54, 1.807) is 6.07 Å². The number of hydrogen-bond acceptors (Lipinski definition) is 3. The molecular weight excluding hydrogens is 333 g/mol. The Bertz CT molecular complexity index is 523. The lowest BCUT2D eigenvalue weighted by Gasteiger charge is -2.16. The first-order chi connectivity index (χ1) is 9.29. The molecule has 0 unspecified atom stereocenters. The van der Waals surface area contributed by atoms with Gasteiger partial charge in [-0.15, -0.1) is 0 Å². The van der Waals surface area contributed by atoms with Crippen LogP contribution in [-0.4, -0.2) is 29.7 Å². The van der Waals surface area contributed by atoms with Crippen molar-refractivity contribution >= 4 is 39.3 Å². The number of carbonyl (C=O) groups is 2. The molecule has 0 bridgehead atoms. The molecule has 0 saturated heterocycles. The molecule has 4 N–H and O–H groups in total. The van der Waals surface area contributed by atoms with Crippen molar-refractivity contribution < 1.29 is 19.1 Å². The lowest BCUT2D eigenvalue weighted by atomic mass is 10.2. The number of halogens is 2. The maximum Gasteiger partial charge on any atom is 0.405 e. The van der Waals surface area contributed by atoms with E-state index in [9.17, 15) is 14.0 Å². The van der Waals surface area contributed by atoms with E-state index in [-0.39, 0.29) is 11.7 Å². The molecule has 1 aromatic rings. The monoisotopic (exact) mass is 347 g/mol. The Hall–Kier alpha value is -1.83. The Labute approximate surface area is 123 Å². The number of hydrogen-bond donors (Lipinski definition) is 4. The Morgan fingerprint density at radius 2 is 2.05 bits per heavy atom. The molecule has 110 valence electrons. The fraction of sp³-hybridized carbons (Fsp3) is 0.333. The van der Waals surface area contributed by atoms with Gasteiger partial charge in [0.25, 0.3) is 0 Å². The van der Waals surface area contributed by atoms with Crippen LogP contribution in [0.2, 0.25) is 0 Å². The Balaban J connectivity index is 2.92. The van der Waals surface area contributed by atoms with Crippen molar-refractivity contribution in [3.63, 3.8) is 0 Å². The summed E-state index contributed by atoms with van der Waals surface area (Å²) in [5.74, 6) is -1.27. The molecule has 0 heterocycles. The fourth-order valence-electron chi connectivity index (χ4n) is 1.46. The topological polar surface area (TPSA) is 90.5 Å². The second-order valence-corrected chi connectivity index (χ2v) is 5.23. The normalized spacial score (nSPS) is 10.2. The second-order valence-electron chi connectivity index (χ2n) is 4.32. The van der Waals surface area contributed by atoms with Crippen LogP contribution in [0.15, 0.2) is 16.6 Å². The van der Waals surface area contributed by atoms with Gasteiger partial charge in [-0.25, -0.2) is 9.18 Å². The molecule has 1 rings (SSSR count). The minimum atomic E-state index is -1.32. The minimum Gasteiger partial charge on any atom is -0.465 e. The van der Waals surface area contributed by atoms with Gasteiger partial charge in [-0.2, -0.15) is 0 Å². The summed E-state index contributed by atoms with van der Waals surface area (Å²) in [6.45, 7) is 3.29. The summed E-state index contributed by atoms with van der Waals surface area (Å²) in [4.78, 5) is 21.8. The maximum atomic E-state index is 13.9. The summed E-state index contributed by atoms with van der Waals surface area (Å²) >= 11 is 3.17. The van der Waals surface area contributed by atoms with Crippen LogP contribution in [0.4, 0.5) is 20.6 Å². The van der Waals surface area contributed by atoms with Gasteiger partial charge >= 0.3 is 6.09 Å². The van der Waals surface area contributed by atoms with E-state index < -0.39 is 24.4 Å². The van der Waals surface area contributed by atoms with Gasteiger partial charge in [-0.3, -0.25) is 4.79 Å². The smallest absolute Gasteiger partial charge is 0.405 e. The van der Waals surface area contributed by atoms with Crippen LogP contribution >= 0.6 is 15.9 Å². The van der Waals surface area contributed by atoms with Gasteiger partial charge in [0.05, 0.1) is 5.69 Å². The maximum absolute atomic E-state index is 13.9. The first-order valence-corrected chi connectivity index (χ1v) is 6.61. The van der Waals surface area contributed by atoms with Crippen molar-refractivity contribution in [1.29, 1.82) is 0 Å². The average Bonchev–Trinajstić information content (AvgIpc) is 2.30. The molecular formula is C12H15BrFN3O3. The SMILES string of the molecule is CC(C)Nc1cc(Br)cc(F)c1NC(=O)CNC(=O)O. The van der Waals surface area contributed by atoms with Crippen molar-refractivity contribution in [3.05, 3.63) is 22.4 Å². The second kappa shape index (κ2) is 7.09. The molecule has 0 spiro atoms. The van der Waals surface area contributed by atoms with Gasteiger partial charge in [0, 0.05) is 10.5 Å². The summed E-state index contributed by atoms with van der Waals surface area (Å²) < 4.78 is 14.4. The standard InChI is InChI=1S/C12H15BrFN3O3/c1-6(2)16-9-4-7(13)3-8(14)11(9)17-10(18)5-15-12(19)20/h3-4,6,15-16H,5H2,1-2H3,(H,17,18)(H,19,20). The summed E-state index contributed by atoms with van der Waals surface area (Å²) in [6, 6.07) is 2.88.